The normalized spacial score (nSPS) is 45.1. The lowest BCUT2D eigenvalue weighted by Crippen LogP contribution is -2.63. The summed E-state index contributed by atoms with van der Waals surface area (Å²) < 4.78 is 0. The molecule has 4 atom stereocenters. The number of ketones is 1. The lowest BCUT2D eigenvalue weighted by molar-refractivity contribution is -0.161. The van der Waals surface area contributed by atoms with E-state index < -0.39 is 5.60 Å². The Morgan fingerprint density at radius 2 is 2.00 bits per heavy atom. The van der Waals surface area contributed by atoms with Gasteiger partial charge in [-0.2, -0.15) is 0 Å². The predicted molar refractivity (Wildman–Crippen MR) is 63.2 cm³/mol. The number of hydrogen-bond donors (Lipinski definition) is 1. The molecule has 2 unspecified atom stereocenters. The molecule has 3 heteroatoms. The number of piperidine rings is 1. The lowest BCUT2D eigenvalue weighted by Gasteiger charge is -2.53. The molecule has 3 nitrogen and oxygen atoms in total. The van der Waals surface area contributed by atoms with Crippen LogP contribution < -0.4 is 0 Å². The van der Waals surface area contributed by atoms with Crippen LogP contribution in [0.5, 0.6) is 0 Å². The Morgan fingerprint density at radius 3 is 2.62 bits per heavy atom. The second kappa shape index (κ2) is 4.11. The maximum Gasteiger partial charge on any atom is 0.161 e. The zero-order valence-corrected chi connectivity index (χ0v) is 10.6. The topological polar surface area (TPSA) is 40.5 Å². The van der Waals surface area contributed by atoms with Crippen molar-refractivity contribution in [2.45, 2.75) is 63.6 Å². The molecule has 0 aromatic heterocycles. The number of aliphatic hydroxyl groups is 1. The molecule has 0 bridgehead atoms. The van der Waals surface area contributed by atoms with E-state index in [9.17, 15) is 9.90 Å². The van der Waals surface area contributed by atoms with Crippen LogP contribution >= 0.6 is 0 Å². The minimum atomic E-state index is -1.06. The van der Waals surface area contributed by atoms with Gasteiger partial charge in [0.1, 0.15) is 5.60 Å². The van der Waals surface area contributed by atoms with Crippen molar-refractivity contribution in [1.29, 1.82) is 0 Å². The number of carbonyl (C=O) groups excluding carboxylic acids is 1. The Hall–Kier alpha value is -0.410. The number of nitrogens with zero attached hydrogens (tertiary/aromatic N) is 1. The highest BCUT2D eigenvalue weighted by molar-refractivity contribution is 5.85. The number of likely N-dealkylation sites (tertiary alicyclic amines) is 1. The van der Waals surface area contributed by atoms with Gasteiger partial charge in [0.25, 0.3) is 0 Å². The molecule has 92 valence electrons. The molecule has 2 fully saturated rings. The largest absolute Gasteiger partial charge is 0.382 e. The van der Waals surface area contributed by atoms with E-state index in [1.807, 2.05) is 0 Å². The van der Waals surface area contributed by atoms with Crippen LogP contribution in [0.1, 0.15) is 46.0 Å². The van der Waals surface area contributed by atoms with Crippen molar-refractivity contribution in [1.82, 2.24) is 4.90 Å². The summed E-state index contributed by atoms with van der Waals surface area (Å²) >= 11 is 0. The summed E-state index contributed by atoms with van der Waals surface area (Å²) in [6.45, 7) is 3.66. The standard InChI is InChI=1S/C13H23NO2/c1-9-8-13(16,10(2)15)11-6-4-5-7-12(11)14(9)3/h9,11-12,16H,4-8H2,1-3H3/t9-,11?,12?,13-/m0/s1. The summed E-state index contributed by atoms with van der Waals surface area (Å²) in [5.41, 5.74) is -1.06. The Kier molecular flexibility index (Phi) is 3.10. The quantitative estimate of drug-likeness (QED) is 0.736. The van der Waals surface area contributed by atoms with Crippen molar-refractivity contribution in [2.75, 3.05) is 7.05 Å². The third-order valence-corrected chi connectivity index (χ3v) is 4.78. The second-order valence-corrected chi connectivity index (χ2v) is 5.66. The minimum absolute atomic E-state index is 0.0376. The number of hydrogen-bond acceptors (Lipinski definition) is 3. The van der Waals surface area contributed by atoms with Gasteiger partial charge in [-0.25, -0.2) is 0 Å². The molecule has 1 aliphatic heterocycles. The second-order valence-electron chi connectivity index (χ2n) is 5.66. The molecule has 0 spiro atoms. The molecule has 1 saturated carbocycles. The Bertz CT molecular complexity index is 292. The molecule has 0 aromatic rings. The van der Waals surface area contributed by atoms with Crippen molar-refractivity contribution in [2.24, 2.45) is 5.92 Å². The van der Waals surface area contributed by atoms with Crippen molar-refractivity contribution >= 4 is 5.78 Å². The summed E-state index contributed by atoms with van der Waals surface area (Å²) in [5.74, 6) is 0.115. The van der Waals surface area contributed by atoms with Gasteiger partial charge in [0.05, 0.1) is 0 Å². The van der Waals surface area contributed by atoms with Gasteiger partial charge in [-0.1, -0.05) is 12.8 Å². The fraction of sp³-hybridized carbons (Fsp3) is 0.923. The van der Waals surface area contributed by atoms with Gasteiger partial charge in [0.2, 0.25) is 0 Å². The molecule has 0 radical (unpaired) electrons. The number of rotatable bonds is 1. The van der Waals surface area contributed by atoms with Crippen LogP contribution in [0, 0.1) is 5.92 Å². The molecule has 0 amide bonds. The van der Waals surface area contributed by atoms with Gasteiger partial charge in [0.15, 0.2) is 5.78 Å². The highest BCUT2D eigenvalue weighted by Gasteiger charge is 2.52. The van der Waals surface area contributed by atoms with E-state index in [4.69, 9.17) is 0 Å². The van der Waals surface area contributed by atoms with E-state index in [1.165, 1.54) is 6.42 Å². The van der Waals surface area contributed by atoms with Crippen LogP contribution in [0.2, 0.25) is 0 Å². The molecular weight excluding hydrogens is 202 g/mol. The third-order valence-electron chi connectivity index (χ3n) is 4.78. The maximum absolute atomic E-state index is 11.8. The molecular formula is C13H23NO2. The summed E-state index contributed by atoms with van der Waals surface area (Å²) in [4.78, 5) is 14.1. The summed E-state index contributed by atoms with van der Waals surface area (Å²) in [6, 6.07) is 0.694. The highest BCUT2D eigenvalue weighted by atomic mass is 16.3. The number of Topliss-reactive ketones (excluding diaryl/α,β-unsaturated/α-hetero) is 1. The zero-order valence-electron chi connectivity index (χ0n) is 10.6. The van der Waals surface area contributed by atoms with Crippen molar-refractivity contribution in [3.8, 4) is 0 Å². The molecule has 1 N–H and O–H groups in total. The minimum Gasteiger partial charge on any atom is -0.382 e. The lowest BCUT2D eigenvalue weighted by atomic mass is 9.66. The van der Waals surface area contributed by atoms with Crippen LogP contribution in [0.4, 0.5) is 0 Å². The molecule has 1 heterocycles. The average molecular weight is 225 g/mol. The first-order chi connectivity index (χ1) is 7.47. The van der Waals surface area contributed by atoms with E-state index in [1.54, 1.807) is 6.92 Å². The highest BCUT2D eigenvalue weighted by Crippen LogP contribution is 2.43. The molecule has 2 rings (SSSR count). The van der Waals surface area contributed by atoms with E-state index in [-0.39, 0.29) is 11.7 Å². The average Bonchev–Trinajstić information content (AvgIpc) is 2.26. The molecule has 1 saturated heterocycles. The third kappa shape index (κ3) is 1.70. The molecule has 2 aliphatic rings. The summed E-state index contributed by atoms with van der Waals surface area (Å²) in [5, 5.41) is 10.7. The van der Waals surface area contributed by atoms with Crippen LogP contribution in [-0.2, 0) is 4.79 Å². The van der Waals surface area contributed by atoms with Crippen LogP contribution in [0.15, 0.2) is 0 Å². The molecule has 16 heavy (non-hydrogen) atoms. The van der Waals surface area contributed by atoms with Gasteiger partial charge in [0, 0.05) is 18.0 Å². The number of carbonyl (C=O) groups is 1. The van der Waals surface area contributed by atoms with E-state index in [0.29, 0.717) is 18.5 Å². The first kappa shape index (κ1) is 12.1. The SMILES string of the molecule is CC(=O)[C@@]1(O)C[C@H](C)N(C)C2CCCCC21. The van der Waals surface area contributed by atoms with Crippen molar-refractivity contribution < 1.29 is 9.90 Å². The van der Waals surface area contributed by atoms with Gasteiger partial charge >= 0.3 is 0 Å². The zero-order chi connectivity index (χ0) is 11.9. The number of fused-ring (bicyclic) bond motifs is 1. The van der Waals surface area contributed by atoms with Crippen LogP contribution in [0.3, 0.4) is 0 Å². The van der Waals surface area contributed by atoms with Crippen molar-refractivity contribution in [3.63, 3.8) is 0 Å². The van der Waals surface area contributed by atoms with Gasteiger partial charge in [-0.3, -0.25) is 4.79 Å². The smallest absolute Gasteiger partial charge is 0.161 e. The molecule has 1 aliphatic carbocycles. The summed E-state index contributed by atoms with van der Waals surface area (Å²) in [6.07, 6.45) is 5.10. The first-order valence-corrected chi connectivity index (χ1v) is 6.42. The van der Waals surface area contributed by atoms with Crippen LogP contribution in [-0.4, -0.2) is 40.5 Å². The van der Waals surface area contributed by atoms with E-state index >= 15 is 0 Å². The molecule has 0 aromatic carbocycles. The fourth-order valence-electron chi connectivity index (χ4n) is 3.63. The first-order valence-electron chi connectivity index (χ1n) is 6.42. The Morgan fingerprint density at radius 1 is 1.38 bits per heavy atom. The Balaban J connectivity index is 2.30. The van der Waals surface area contributed by atoms with E-state index in [0.717, 1.165) is 19.3 Å². The van der Waals surface area contributed by atoms with Gasteiger partial charge < -0.3 is 10.0 Å². The maximum atomic E-state index is 11.8. The van der Waals surface area contributed by atoms with Gasteiger partial charge in [-0.15, -0.1) is 0 Å². The van der Waals surface area contributed by atoms with E-state index in [2.05, 4.69) is 18.9 Å². The Labute approximate surface area is 97.8 Å². The van der Waals surface area contributed by atoms with Gasteiger partial charge in [-0.05, 0) is 40.2 Å². The summed E-state index contributed by atoms with van der Waals surface area (Å²) in [7, 11) is 2.13. The van der Waals surface area contributed by atoms with Crippen molar-refractivity contribution in [3.05, 3.63) is 0 Å². The predicted octanol–water partition coefficient (Wildman–Crippen LogP) is 1.59. The van der Waals surface area contributed by atoms with Crippen LogP contribution in [0.25, 0.3) is 0 Å². The monoisotopic (exact) mass is 225 g/mol. The fourth-order valence-corrected chi connectivity index (χ4v) is 3.63.